The minimum absolute atomic E-state index is 0.217. The molecule has 1 aliphatic heterocycles. The molecule has 2 aromatic carbocycles. The Morgan fingerprint density at radius 1 is 1.26 bits per heavy atom. The Hall–Kier alpha value is -3.02. The maximum atomic E-state index is 12.4. The molecule has 0 saturated carbocycles. The number of methoxy groups -OCH3 is 1. The van der Waals surface area contributed by atoms with Crippen LogP contribution in [0.5, 0.6) is 11.5 Å². The van der Waals surface area contributed by atoms with Crippen LogP contribution in [0.4, 0.5) is 11.4 Å². The minimum Gasteiger partial charge on any atom is -0.496 e. The molecule has 0 fully saturated rings. The molecule has 3 rings (SSSR count). The summed E-state index contributed by atoms with van der Waals surface area (Å²) in [6.45, 7) is 1.68. The highest BCUT2D eigenvalue weighted by molar-refractivity contribution is 6.07. The summed E-state index contributed by atoms with van der Waals surface area (Å²) in [7, 11) is 1.51. The monoisotopic (exact) mass is 312 g/mol. The van der Waals surface area contributed by atoms with Crippen molar-refractivity contribution in [2.75, 3.05) is 17.7 Å². The number of rotatable bonds is 3. The van der Waals surface area contributed by atoms with Gasteiger partial charge in [0.25, 0.3) is 11.8 Å². The molecule has 1 atom stereocenters. The molecule has 6 nitrogen and oxygen atoms in total. The van der Waals surface area contributed by atoms with Gasteiger partial charge in [-0.25, -0.2) is 0 Å². The maximum Gasteiger partial charge on any atom is 0.265 e. The fourth-order valence-electron chi connectivity index (χ4n) is 2.32. The van der Waals surface area contributed by atoms with Crippen molar-refractivity contribution >= 4 is 23.2 Å². The zero-order valence-electron chi connectivity index (χ0n) is 12.8. The minimum atomic E-state index is -0.531. The van der Waals surface area contributed by atoms with E-state index in [4.69, 9.17) is 9.47 Å². The lowest BCUT2D eigenvalue weighted by molar-refractivity contribution is -0.122. The number of carbonyl (C=O) groups is 2. The molecule has 0 radical (unpaired) electrons. The Kier molecular flexibility index (Phi) is 3.89. The Morgan fingerprint density at radius 2 is 2.04 bits per heavy atom. The summed E-state index contributed by atoms with van der Waals surface area (Å²) < 4.78 is 10.7. The third-order valence-corrected chi connectivity index (χ3v) is 3.52. The Morgan fingerprint density at radius 3 is 2.83 bits per heavy atom. The van der Waals surface area contributed by atoms with Crippen molar-refractivity contribution in [3.8, 4) is 11.5 Å². The van der Waals surface area contributed by atoms with Gasteiger partial charge in [0.15, 0.2) is 6.10 Å². The second-order valence-electron chi connectivity index (χ2n) is 5.11. The van der Waals surface area contributed by atoms with E-state index in [1.807, 2.05) is 0 Å². The second-order valence-corrected chi connectivity index (χ2v) is 5.11. The van der Waals surface area contributed by atoms with Crippen LogP contribution in [0.2, 0.25) is 0 Å². The van der Waals surface area contributed by atoms with Crippen LogP contribution in [0.3, 0.4) is 0 Å². The lowest BCUT2D eigenvalue weighted by Gasteiger charge is -2.23. The number of para-hydroxylation sites is 1. The first-order chi connectivity index (χ1) is 11.1. The van der Waals surface area contributed by atoms with E-state index in [-0.39, 0.29) is 11.8 Å². The molecule has 1 aliphatic rings. The van der Waals surface area contributed by atoms with Crippen LogP contribution in [-0.2, 0) is 4.79 Å². The fourth-order valence-corrected chi connectivity index (χ4v) is 2.32. The lowest BCUT2D eigenvalue weighted by atomic mass is 10.1. The average molecular weight is 312 g/mol. The van der Waals surface area contributed by atoms with Gasteiger partial charge in [-0.3, -0.25) is 9.59 Å². The van der Waals surface area contributed by atoms with Crippen molar-refractivity contribution in [3.05, 3.63) is 48.0 Å². The Labute approximate surface area is 133 Å². The van der Waals surface area contributed by atoms with E-state index >= 15 is 0 Å². The van der Waals surface area contributed by atoms with Crippen molar-refractivity contribution < 1.29 is 19.1 Å². The summed E-state index contributed by atoms with van der Waals surface area (Å²) in [4.78, 5) is 24.0. The zero-order valence-corrected chi connectivity index (χ0v) is 12.8. The van der Waals surface area contributed by atoms with Gasteiger partial charge >= 0.3 is 0 Å². The number of anilines is 2. The van der Waals surface area contributed by atoms with Crippen LogP contribution in [0.15, 0.2) is 42.5 Å². The summed E-state index contributed by atoms with van der Waals surface area (Å²) in [5.41, 5.74) is 1.52. The highest BCUT2D eigenvalue weighted by atomic mass is 16.5. The van der Waals surface area contributed by atoms with Gasteiger partial charge in [0.2, 0.25) is 0 Å². The number of nitrogens with one attached hydrogen (secondary N) is 2. The van der Waals surface area contributed by atoms with Gasteiger partial charge in [-0.15, -0.1) is 0 Å². The fraction of sp³-hybridized carbons (Fsp3) is 0.176. The molecule has 23 heavy (non-hydrogen) atoms. The third kappa shape index (κ3) is 2.96. The third-order valence-electron chi connectivity index (χ3n) is 3.52. The molecule has 118 valence electrons. The predicted molar refractivity (Wildman–Crippen MR) is 86.1 cm³/mol. The van der Waals surface area contributed by atoms with E-state index in [0.29, 0.717) is 28.4 Å². The zero-order chi connectivity index (χ0) is 16.4. The Bertz CT molecular complexity index is 773. The number of fused-ring (bicyclic) bond motifs is 1. The normalized spacial score (nSPS) is 15.9. The van der Waals surface area contributed by atoms with Crippen molar-refractivity contribution in [1.29, 1.82) is 0 Å². The maximum absolute atomic E-state index is 12.4. The molecule has 0 saturated heterocycles. The van der Waals surface area contributed by atoms with E-state index in [2.05, 4.69) is 10.6 Å². The van der Waals surface area contributed by atoms with Gasteiger partial charge in [-0.2, -0.15) is 0 Å². The summed E-state index contributed by atoms with van der Waals surface area (Å²) in [5, 5.41) is 5.53. The SMILES string of the molecule is COc1ccccc1C(=O)Nc1ccc2c(c1)NC(=O)C(C)O2. The van der Waals surface area contributed by atoms with Crippen molar-refractivity contribution in [3.63, 3.8) is 0 Å². The number of hydrogen-bond acceptors (Lipinski definition) is 4. The molecule has 2 N–H and O–H groups in total. The smallest absolute Gasteiger partial charge is 0.265 e. The number of benzene rings is 2. The van der Waals surface area contributed by atoms with Gasteiger partial charge in [-0.1, -0.05) is 12.1 Å². The van der Waals surface area contributed by atoms with E-state index in [0.717, 1.165) is 0 Å². The highest BCUT2D eigenvalue weighted by Gasteiger charge is 2.23. The first-order valence-corrected chi connectivity index (χ1v) is 7.14. The standard InChI is InChI=1S/C17H16N2O4/c1-10-16(20)19-13-9-11(7-8-15(13)23-10)18-17(21)12-5-3-4-6-14(12)22-2/h3-10H,1-2H3,(H,18,21)(H,19,20). The van der Waals surface area contributed by atoms with Crippen LogP contribution in [-0.4, -0.2) is 25.0 Å². The van der Waals surface area contributed by atoms with Crippen molar-refractivity contribution in [2.45, 2.75) is 13.0 Å². The van der Waals surface area contributed by atoms with E-state index < -0.39 is 6.10 Å². The van der Waals surface area contributed by atoms with Crippen LogP contribution in [0.25, 0.3) is 0 Å². The highest BCUT2D eigenvalue weighted by Crippen LogP contribution is 2.32. The quantitative estimate of drug-likeness (QED) is 0.913. The van der Waals surface area contributed by atoms with E-state index in [1.165, 1.54) is 7.11 Å². The summed E-state index contributed by atoms with van der Waals surface area (Å²) in [6, 6.07) is 12.0. The molecule has 1 unspecified atom stereocenters. The van der Waals surface area contributed by atoms with E-state index in [9.17, 15) is 9.59 Å². The van der Waals surface area contributed by atoms with Gasteiger partial charge in [0, 0.05) is 5.69 Å². The number of amides is 2. The molecule has 0 aromatic heterocycles. The number of ether oxygens (including phenoxy) is 2. The molecule has 0 spiro atoms. The Balaban J connectivity index is 1.82. The molecule has 6 heteroatoms. The van der Waals surface area contributed by atoms with Crippen LogP contribution in [0, 0.1) is 0 Å². The summed E-state index contributed by atoms with van der Waals surface area (Å²) >= 11 is 0. The average Bonchev–Trinajstić information content (AvgIpc) is 2.56. The molecule has 0 bridgehead atoms. The molecule has 2 amide bonds. The summed E-state index contributed by atoms with van der Waals surface area (Å²) in [6.07, 6.45) is -0.531. The van der Waals surface area contributed by atoms with Crippen LogP contribution in [0.1, 0.15) is 17.3 Å². The first kappa shape index (κ1) is 14.9. The predicted octanol–water partition coefficient (Wildman–Crippen LogP) is 2.67. The van der Waals surface area contributed by atoms with Crippen LogP contribution >= 0.6 is 0 Å². The molecule has 2 aromatic rings. The van der Waals surface area contributed by atoms with Crippen molar-refractivity contribution in [2.24, 2.45) is 0 Å². The molecule has 0 aliphatic carbocycles. The van der Waals surface area contributed by atoms with Gasteiger partial charge in [0.05, 0.1) is 18.4 Å². The number of hydrogen-bond donors (Lipinski definition) is 2. The number of carbonyl (C=O) groups excluding carboxylic acids is 2. The lowest BCUT2D eigenvalue weighted by Crippen LogP contribution is -2.34. The largest absolute Gasteiger partial charge is 0.496 e. The molecular weight excluding hydrogens is 296 g/mol. The van der Waals surface area contributed by atoms with Crippen molar-refractivity contribution in [1.82, 2.24) is 0 Å². The topological polar surface area (TPSA) is 76.7 Å². The van der Waals surface area contributed by atoms with Gasteiger partial charge in [0.1, 0.15) is 11.5 Å². The van der Waals surface area contributed by atoms with Gasteiger partial charge < -0.3 is 20.1 Å². The molecule has 1 heterocycles. The van der Waals surface area contributed by atoms with E-state index in [1.54, 1.807) is 49.4 Å². The summed E-state index contributed by atoms with van der Waals surface area (Å²) in [5.74, 6) is 0.560. The molecular formula is C17H16N2O4. The second kappa shape index (κ2) is 6.00. The van der Waals surface area contributed by atoms with Gasteiger partial charge in [-0.05, 0) is 37.3 Å². The first-order valence-electron chi connectivity index (χ1n) is 7.14. The van der Waals surface area contributed by atoms with Crippen LogP contribution < -0.4 is 20.1 Å².